The van der Waals surface area contributed by atoms with E-state index in [2.05, 4.69) is 11.8 Å². The number of piperidine rings is 1. The largest absolute Gasteiger partial charge is 0.298 e. The molecule has 3 unspecified atom stereocenters. The molecule has 0 aromatic heterocycles. The van der Waals surface area contributed by atoms with Crippen molar-refractivity contribution >= 4 is 5.78 Å². The molecule has 3 atom stereocenters. The molecule has 2 aliphatic rings. The smallest absolute Gasteiger partial charge is 0.151 e. The first-order chi connectivity index (χ1) is 4.79. The summed E-state index contributed by atoms with van der Waals surface area (Å²) in [6.07, 6.45) is 2.36. The highest BCUT2D eigenvalue weighted by atomic mass is 16.1. The molecule has 2 saturated heterocycles. The molecule has 0 aromatic rings. The number of rotatable bonds is 0. The summed E-state index contributed by atoms with van der Waals surface area (Å²) in [6, 6.07) is 0.543. The van der Waals surface area contributed by atoms with E-state index in [9.17, 15) is 4.79 Å². The molecule has 2 bridgehead atoms. The molecule has 2 heterocycles. The molecule has 0 aromatic carbocycles. The molecule has 2 nitrogen and oxygen atoms in total. The summed E-state index contributed by atoms with van der Waals surface area (Å²) in [4.78, 5) is 13.5. The molecule has 2 aliphatic heterocycles. The molecule has 10 heavy (non-hydrogen) atoms. The van der Waals surface area contributed by atoms with Crippen molar-refractivity contribution < 1.29 is 4.79 Å². The fraction of sp³-hybridized carbons (Fsp3) is 0.875. The van der Waals surface area contributed by atoms with Crippen molar-refractivity contribution in [3.8, 4) is 0 Å². The zero-order valence-corrected chi connectivity index (χ0v) is 6.34. The second-order valence-electron chi connectivity index (χ2n) is 3.43. The maximum atomic E-state index is 11.2. The minimum absolute atomic E-state index is 0.383. The molecular formula is C8H13NO. The maximum Gasteiger partial charge on any atom is 0.151 e. The van der Waals surface area contributed by atoms with E-state index in [1.165, 1.54) is 6.42 Å². The molecule has 0 N–H and O–H groups in total. The van der Waals surface area contributed by atoms with Crippen LogP contribution in [0.15, 0.2) is 0 Å². The van der Waals surface area contributed by atoms with E-state index in [0.717, 1.165) is 19.5 Å². The van der Waals surface area contributed by atoms with Gasteiger partial charge < -0.3 is 0 Å². The predicted octanol–water partition coefficient (Wildman–Crippen LogP) is 0.670. The van der Waals surface area contributed by atoms with Gasteiger partial charge in [-0.15, -0.1) is 0 Å². The first-order valence-corrected chi connectivity index (χ1v) is 4.06. The Morgan fingerprint density at radius 2 is 2.40 bits per heavy atom. The van der Waals surface area contributed by atoms with Crippen LogP contribution in [0.2, 0.25) is 0 Å². The minimum Gasteiger partial charge on any atom is -0.298 e. The van der Waals surface area contributed by atoms with Gasteiger partial charge in [-0.3, -0.25) is 9.69 Å². The number of nitrogens with zero attached hydrogens (tertiary/aromatic N) is 1. The Morgan fingerprint density at radius 3 is 3.00 bits per heavy atom. The van der Waals surface area contributed by atoms with Crippen molar-refractivity contribution in [3.63, 3.8) is 0 Å². The molecule has 2 heteroatoms. The van der Waals surface area contributed by atoms with Crippen LogP contribution >= 0.6 is 0 Å². The Hall–Kier alpha value is -0.370. The highest BCUT2D eigenvalue weighted by Gasteiger charge is 2.39. The monoisotopic (exact) mass is 139 g/mol. The van der Waals surface area contributed by atoms with E-state index >= 15 is 0 Å². The standard InChI is InChI=1S/C8H13NO/c1-6-7-3-2-4-9(6)5-8(7)10/h6-7H,2-5H2,1H3. The Morgan fingerprint density at radius 1 is 1.60 bits per heavy atom. The van der Waals surface area contributed by atoms with Crippen LogP contribution in [0, 0.1) is 5.92 Å². The second kappa shape index (κ2) is 2.06. The van der Waals surface area contributed by atoms with Gasteiger partial charge in [0.25, 0.3) is 0 Å². The lowest BCUT2D eigenvalue weighted by Gasteiger charge is -2.28. The molecule has 0 radical (unpaired) electrons. The highest BCUT2D eigenvalue weighted by Crippen LogP contribution is 2.29. The lowest BCUT2D eigenvalue weighted by molar-refractivity contribution is -0.119. The van der Waals surface area contributed by atoms with Gasteiger partial charge in [-0.1, -0.05) is 0 Å². The number of ketones is 1. The van der Waals surface area contributed by atoms with Gasteiger partial charge in [-0.25, -0.2) is 0 Å². The topological polar surface area (TPSA) is 20.3 Å². The van der Waals surface area contributed by atoms with E-state index in [4.69, 9.17) is 0 Å². The molecule has 0 aliphatic carbocycles. The van der Waals surface area contributed by atoms with E-state index in [0.29, 0.717) is 17.7 Å². The summed E-state index contributed by atoms with van der Waals surface area (Å²) in [7, 11) is 0. The van der Waals surface area contributed by atoms with Gasteiger partial charge in [0.1, 0.15) is 0 Å². The molecule has 0 saturated carbocycles. The van der Waals surface area contributed by atoms with Crippen LogP contribution in [-0.4, -0.2) is 29.8 Å². The van der Waals surface area contributed by atoms with E-state index in [-0.39, 0.29) is 0 Å². The van der Waals surface area contributed by atoms with E-state index < -0.39 is 0 Å². The molecule has 0 amide bonds. The van der Waals surface area contributed by atoms with Crippen molar-refractivity contribution in [1.29, 1.82) is 0 Å². The van der Waals surface area contributed by atoms with Crippen LogP contribution in [0.5, 0.6) is 0 Å². The average molecular weight is 139 g/mol. The first kappa shape index (κ1) is 6.35. The molecular weight excluding hydrogens is 126 g/mol. The Balaban J connectivity index is 2.22. The molecule has 56 valence electrons. The van der Waals surface area contributed by atoms with E-state index in [1.807, 2.05) is 0 Å². The maximum absolute atomic E-state index is 11.2. The summed E-state index contributed by atoms with van der Waals surface area (Å²) in [6.45, 7) is 4.05. The van der Waals surface area contributed by atoms with Crippen LogP contribution in [0.4, 0.5) is 0 Å². The van der Waals surface area contributed by atoms with Crippen LogP contribution in [0.3, 0.4) is 0 Å². The van der Waals surface area contributed by atoms with Gasteiger partial charge >= 0.3 is 0 Å². The predicted molar refractivity (Wildman–Crippen MR) is 38.8 cm³/mol. The fourth-order valence-electron chi connectivity index (χ4n) is 2.18. The van der Waals surface area contributed by atoms with Crippen molar-refractivity contribution in [1.82, 2.24) is 4.90 Å². The van der Waals surface area contributed by atoms with Gasteiger partial charge in [-0.05, 0) is 26.3 Å². The highest BCUT2D eigenvalue weighted by molar-refractivity contribution is 5.86. The zero-order valence-electron chi connectivity index (χ0n) is 6.34. The zero-order chi connectivity index (χ0) is 7.14. The van der Waals surface area contributed by atoms with Gasteiger partial charge in [-0.2, -0.15) is 0 Å². The Kier molecular flexibility index (Phi) is 1.31. The summed E-state index contributed by atoms with van der Waals surface area (Å²) < 4.78 is 0. The van der Waals surface area contributed by atoms with Gasteiger partial charge in [0.15, 0.2) is 5.78 Å². The van der Waals surface area contributed by atoms with Crippen LogP contribution in [-0.2, 0) is 4.79 Å². The molecule has 2 fully saturated rings. The summed E-state index contributed by atoms with van der Waals surface area (Å²) in [5.41, 5.74) is 0. The first-order valence-electron chi connectivity index (χ1n) is 4.06. The Labute approximate surface area is 61.2 Å². The third kappa shape index (κ3) is 0.717. The quantitative estimate of drug-likeness (QED) is 0.491. The van der Waals surface area contributed by atoms with Crippen LogP contribution in [0.25, 0.3) is 0 Å². The lowest BCUT2D eigenvalue weighted by atomic mass is 9.93. The summed E-state index contributed by atoms with van der Waals surface area (Å²) in [5, 5.41) is 0. The second-order valence-corrected chi connectivity index (χ2v) is 3.43. The lowest BCUT2D eigenvalue weighted by Crippen LogP contribution is -2.35. The number of Topliss-reactive ketones (excluding diaryl/α,β-unsaturated/α-hetero) is 1. The summed E-state index contributed by atoms with van der Waals surface area (Å²) in [5.74, 6) is 0.860. The molecule has 0 spiro atoms. The number of fused-ring (bicyclic) bond motifs is 2. The van der Waals surface area contributed by atoms with Crippen molar-refractivity contribution in [3.05, 3.63) is 0 Å². The number of carbonyl (C=O) groups excluding carboxylic acids is 1. The fourth-order valence-corrected chi connectivity index (χ4v) is 2.18. The SMILES string of the molecule is CC1C2CCCN1CC2=O. The van der Waals surface area contributed by atoms with Crippen LogP contribution in [0.1, 0.15) is 19.8 Å². The molecule has 2 rings (SSSR count). The van der Waals surface area contributed by atoms with Gasteiger partial charge in [0, 0.05) is 12.0 Å². The third-order valence-corrected chi connectivity index (χ3v) is 2.89. The third-order valence-electron chi connectivity index (χ3n) is 2.89. The Bertz CT molecular complexity index is 167. The number of hydrogen-bond acceptors (Lipinski definition) is 2. The van der Waals surface area contributed by atoms with Gasteiger partial charge in [0.2, 0.25) is 0 Å². The minimum atomic E-state index is 0.383. The van der Waals surface area contributed by atoms with Crippen LogP contribution < -0.4 is 0 Å². The van der Waals surface area contributed by atoms with Crippen molar-refractivity contribution in [2.75, 3.05) is 13.1 Å². The van der Waals surface area contributed by atoms with E-state index in [1.54, 1.807) is 0 Å². The van der Waals surface area contributed by atoms with Crippen molar-refractivity contribution in [2.24, 2.45) is 5.92 Å². The number of carbonyl (C=O) groups is 1. The average Bonchev–Trinajstić information content (AvgIpc) is 2.16. The number of hydrogen-bond donors (Lipinski definition) is 0. The van der Waals surface area contributed by atoms with Crippen molar-refractivity contribution in [2.45, 2.75) is 25.8 Å². The van der Waals surface area contributed by atoms with Gasteiger partial charge in [0.05, 0.1) is 6.54 Å². The summed E-state index contributed by atoms with van der Waals surface area (Å²) >= 11 is 0. The normalized spacial score (nSPS) is 46.1.